The van der Waals surface area contributed by atoms with Gasteiger partial charge in [-0.2, -0.15) is 0 Å². The third-order valence-corrected chi connectivity index (χ3v) is 3.42. The van der Waals surface area contributed by atoms with Crippen LogP contribution in [0, 0.1) is 12.8 Å². The largest absolute Gasteiger partial charge is 0.341 e. The second kappa shape index (κ2) is 5.32. The van der Waals surface area contributed by atoms with Crippen LogP contribution < -0.4 is 5.32 Å². The molecule has 0 radical (unpaired) electrons. The summed E-state index contributed by atoms with van der Waals surface area (Å²) in [5, 5.41) is 3.19. The molecule has 0 bridgehead atoms. The van der Waals surface area contributed by atoms with Crippen molar-refractivity contribution in [2.75, 3.05) is 20.1 Å². The summed E-state index contributed by atoms with van der Waals surface area (Å²) >= 11 is 0. The monoisotopic (exact) mass is 232 g/mol. The number of carbonyl (C=O) groups excluding carboxylic acids is 1. The molecule has 0 aromatic heterocycles. The van der Waals surface area contributed by atoms with Crippen molar-refractivity contribution in [2.45, 2.75) is 19.9 Å². The van der Waals surface area contributed by atoms with Crippen molar-refractivity contribution < 1.29 is 4.79 Å². The molecule has 1 N–H and O–H groups in total. The standard InChI is InChI=1S/C14H20N2O/c1-11-5-3-4-6-13(11)10-16(2)14(17)7-12-8-15-9-12/h3-6,12,15H,7-10H2,1-2H3. The van der Waals surface area contributed by atoms with E-state index in [4.69, 9.17) is 0 Å². The van der Waals surface area contributed by atoms with Crippen LogP contribution in [0.1, 0.15) is 17.5 Å². The molecule has 1 aliphatic heterocycles. The van der Waals surface area contributed by atoms with Crippen molar-refractivity contribution in [3.63, 3.8) is 0 Å². The molecular formula is C14H20N2O. The number of carbonyl (C=O) groups is 1. The van der Waals surface area contributed by atoms with E-state index in [1.54, 1.807) is 0 Å². The molecule has 0 unspecified atom stereocenters. The van der Waals surface area contributed by atoms with E-state index in [-0.39, 0.29) is 5.91 Å². The van der Waals surface area contributed by atoms with Crippen LogP contribution in [0.4, 0.5) is 0 Å². The summed E-state index contributed by atoms with van der Waals surface area (Å²) in [6, 6.07) is 8.23. The highest BCUT2D eigenvalue weighted by Gasteiger charge is 2.22. The lowest BCUT2D eigenvalue weighted by molar-refractivity contribution is -0.131. The van der Waals surface area contributed by atoms with E-state index in [1.807, 2.05) is 24.1 Å². The summed E-state index contributed by atoms with van der Waals surface area (Å²) < 4.78 is 0. The summed E-state index contributed by atoms with van der Waals surface area (Å²) in [6.07, 6.45) is 0.676. The quantitative estimate of drug-likeness (QED) is 0.854. The maximum absolute atomic E-state index is 12.0. The summed E-state index contributed by atoms with van der Waals surface area (Å²) in [5.74, 6) is 0.793. The fourth-order valence-corrected chi connectivity index (χ4v) is 2.03. The Morgan fingerprint density at radius 2 is 2.12 bits per heavy atom. The molecule has 1 aromatic rings. The van der Waals surface area contributed by atoms with Crippen molar-refractivity contribution >= 4 is 5.91 Å². The summed E-state index contributed by atoms with van der Waals surface area (Å²) in [7, 11) is 1.89. The lowest BCUT2D eigenvalue weighted by atomic mass is 9.98. The first-order valence-electron chi connectivity index (χ1n) is 6.16. The van der Waals surface area contributed by atoms with Crippen LogP contribution in [-0.2, 0) is 11.3 Å². The molecule has 0 atom stereocenters. The van der Waals surface area contributed by atoms with Crippen molar-refractivity contribution in [3.05, 3.63) is 35.4 Å². The Bertz CT molecular complexity index is 399. The first-order valence-corrected chi connectivity index (χ1v) is 6.16. The van der Waals surface area contributed by atoms with Crippen LogP contribution in [-0.4, -0.2) is 30.9 Å². The zero-order chi connectivity index (χ0) is 12.3. The van der Waals surface area contributed by atoms with Gasteiger partial charge in [0.1, 0.15) is 0 Å². The van der Waals surface area contributed by atoms with Gasteiger partial charge >= 0.3 is 0 Å². The first-order chi connectivity index (χ1) is 8.16. The van der Waals surface area contributed by atoms with Crippen LogP contribution in [0.2, 0.25) is 0 Å². The Hall–Kier alpha value is -1.35. The Kier molecular flexibility index (Phi) is 3.79. The van der Waals surface area contributed by atoms with E-state index < -0.39 is 0 Å². The van der Waals surface area contributed by atoms with Crippen molar-refractivity contribution in [1.82, 2.24) is 10.2 Å². The molecule has 0 aliphatic carbocycles. The van der Waals surface area contributed by atoms with E-state index in [0.29, 0.717) is 18.9 Å². The number of hydrogen-bond donors (Lipinski definition) is 1. The zero-order valence-corrected chi connectivity index (χ0v) is 10.6. The zero-order valence-electron chi connectivity index (χ0n) is 10.6. The topological polar surface area (TPSA) is 32.3 Å². The molecular weight excluding hydrogens is 212 g/mol. The number of nitrogens with one attached hydrogen (secondary N) is 1. The third kappa shape index (κ3) is 3.07. The number of aryl methyl sites for hydroxylation is 1. The van der Waals surface area contributed by atoms with Gasteiger partial charge in [0.25, 0.3) is 0 Å². The summed E-state index contributed by atoms with van der Waals surface area (Å²) in [4.78, 5) is 13.8. The molecule has 0 saturated carbocycles. The number of hydrogen-bond acceptors (Lipinski definition) is 2. The minimum Gasteiger partial charge on any atom is -0.341 e. The van der Waals surface area contributed by atoms with Gasteiger partial charge in [0.05, 0.1) is 0 Å². The van der Waals surface area contributed by atoms with Crippen LogP contribution in [0.5, 0.6) is 0 Å². The van der Waals surface area contributed by atoms with Crippen molar-refractivity contribution in [2.24, 2.45) is 5.92 Å². The van der Waals surface area contributed by atoms with Gasteiger partial charge in [0, 0.05) is 20.0 Å². The molecule has 1 amide bonds. The fourth-order valence-electron chi connectivity index (χ4n) is 2.03. The number of amides is 1. The Labute approximate surface area is 103 Å². The molecule has 1 saturated heterocycles. The highest BCUT2D eigenvalue weighted by molar-refractivity contribution is 5.76. The smallest absolute Gasteiger partial charge is 0.222 e. The molecule has 1 aromatic carbocycles. The molecule has 2 rings (SSSR count). The van der Waals surface area contributed by atoms with E-state index in [2.05, 4.69) is 24.4 Å². The van der Waals surface area contributed by atoms with Gasteiger partial charge in [0.15, 0.2) is 0 Å². The van der Waals surface area contributed by atoms with Gasteiger partial charge in [-0.3, -0.25) is 4.79 Å². The van der Waals surface area contributed by atoms with Gasteiger partial charge in [-0.05, 0) is 37.1 Å². The van der Waals surface area contributed by atoms with E-state index in [1.165, 1.54) is 11.1 Å². The van der Waals surface area contributed by atoms with Crippen LogP contribution in [0.15, 0.2) is 24.3 Å². The fraction of sp³-hybridized carbons (Fsp3) is 0.500. The Morgan fingerprint density at radius 1 is 1.41 bits per heavy atom. The first kappa shape index (κ1) is 12.1. The average molecular weight is 232 g/mol. The van der Waals surface area contributed by atoms with E-state index in [9.17, 15) is 4.79 Å². The van der Waals surface area contributed by atoms with Gasteiger partial charge in [-0.1, -0.05) is 24.3 Å². The van der Waals surface area contributed by atoms with Crippen molar-refractivity contribution in [1.29, 1.82) is 0 Å². The minimum atomic E-state index is 0.250. The third-order valence-electron chi connectivity index (χ3n) is 3.42. The lowest BCUT2D eigenvalue weighted by Crippen LogP contribution is -2.44. The average Bonchev–Trinajstić information content (AvgIpc) is 2.26. The van der Waals surface area contributed by atoms with Crippen molar-refractivity contribution in [3.8, 4) is 0 Å². The number of benzene rings is 1. The van der Waals surface area contributed by atoms with E-state index in [0.717, 1.165) is 13.1 Å². The molecule has 0 spiro atoms. The molecule has 1 fully saturated rings. The number of rotatable bonds is 4. The Balaban J connectivity index is 1.89. The van der Waals surface area contributed by atoms with Crippen LogP contribution in [0.3, 0.4) is 0 Å². The molecule has 17 heavy (non-hydrogen) atoms. The van der Waals surface area contributed by atoms with Gasteiger partial charge in [-0.15, -0.1) is 0 Å². The summed E-state index contributed by atoms with van der Waals surface area (Å²) in [6.45, 7) is 4.78. The molecule has 92 valence electrons. The van der Waals surface area contributed by atoms with Crippen LogP contribution >= 0.6 is 0 Å². The van der Waals surface area contributed by atoms with Crippen LogP contribution in [0.25, 0.3) is 0 Å². The predicted molar refractivity (Wildman–Crippen MR) is 68.6 cm³/mol. The molecule has 1 heterocycles. The van der Waals surface area contributed by atoms with E-state index >= 15 is 0 Å². The normalized spacial score (nSPS) is 15.4. The van der Waals surface area contributed by atoms with Gasteiger partial charge < -0.3 is 10.2 Å². The lowest BCUT2D eigenvalue weighted by Gasteiger charge is -2.28. The molecule has 1 aliphatic rings. The maximum Gasteiger partial charge on any atom is 0.222 e. The number of nitrogens with zero attached hydrogens (tertiary/aromatic N) is 1. The second-order valence-corrected chi connectivity index (χ2v) is 4.90. The second-order valence-electron chi connectivity index (χ2n) is 4.90. The minimum absolute atomic E-state index is 0.250. The van der Waals surface area contributed by atoms with Gasteiger partial charge in [0.2, 0.25) is 5.91 Å². The van der Waals surface area contributed by atoms with Gasteiger partial charge in [-0.25, -0.2) is 0 Å². The molecule has 3 heteroatoms. The summed E-state index contributed by atoms with van der Waals surface area (Å²) in [5.41, 5.74) is 2.48. The highest BCUT2D eigenvalue weighted by Crippen LogP contribution is 2.13. The Morgan fingerprint density at radius 3 is 2.71 bits per heavy atom. The SMILES string of the molecule is Cc1ccccc1CN(C)C(=O)CC1CNC1. The molecule has 3 nitrogen and oxygen atoms in total. The maximum atomic E-state index is 12.0. The highest BCUT2D eigenvalue weighted by atomic mass is 16.2. The predicted octanol–water partition coefficient (Wildman–Crippen LogP) is 1.56.